The summed E-state index contributed by atoms with van der Waals surface area (Å²) in [6.07, 6.45) is 5.79. The van der Waals surface area contributed by atoms with Crippen molar-refractivity contribution in [2.45, 2.75) is 44.7 Å². The minimum Gasteiger partial charge on any atom is -0.494 e. The van der Waals surface area contributed by atoms with Gasteiger partial charge in [0.2, 0.25) is 5.78 Å². The van der Waals surface area contributed by atoms with Gasteiger partial charge in [-0.3, -0.25) is 14.4 Å². The summed E-state index contributed by atoms with van der Waals surface area (Å²) in [5, 5.41) is 2.16. The summed E-state index contributed by atoms with van der Waals surface area (Å²) < 4.78 is 10.5. The van der Waals surface area contributed by atoms with Gasteiger partial charge in [-0.2, -0.15) is 0 Å². The third kappa shape index (κ3) is 6.72. The van der Waals surface area contributed by atoms with Crippen LogP contribution in [0.3, 0.4) is 0 Å². The van der Waals surface area contributed by atoms with Gasteiger partial charge in [0, 0.05) is 30.1 Å². The smallest absolute Gasteiger partial charge is 0.305 e. The summed E-state index contributed by atoms with van der Waals surface area (Å²) in [6, 6.07) is 22.4. The number of rotatable bonds is 13. The first-order valence-electron chi connectivity index (χ1n) is 13.8. The molecule has 8 heteroatoms. The fourth-order valence-electron chi connectivity index (χ4n) is 5.04. The Kier molecular flexibility index (Phi) is 9.21. The highest BCUT2D eigenvalue weighted by molar-refractivity contribution is 7.11. The molecule has 0 bridgehead atoms. The van der Waals surface area contributed by atoms with E-state index < -0.39 is 6.04 Å². The zero-order valence-electron chi connectivity index (χ0n) is 23.0. The average Bonchev–Trinajstić information content (AvgIpc) is 3.66. The monoisotopic (exact) mass is 568 g/mol. The molecular weight excluding hydrogens is 536 g/mol. The second-order valence-corrected chi connectivity index (χ2v) is 10.8. The van der Waals surface area contributed by atoms with Gasteiger partial charge in [-0.25, -0.2) is 4.98 Å². The van der Waals surface area contributed by atoms with Crippen molar-refractivity contribution in [3.05, 3.63) is 106 Å². The van der Waals surface area contributed by atoms with Crippen LogP contribution in [0.25, 0.3) is 11.1 Å². The first-order chi connectivity index (χ1) is 20.0. The standard InChI is InChI=1S/C33H32N2O5S/c1-39-29(36)11-7-2-3-8-19-40-27-16-14-23(15-17-27)25-12-13-26-22-35(33(38)28(26)21-25)30(24-9-5-4-6-10-24)31(37)32-34-18-20-41-32/h4-6,9-10,12-18,20-21,30H,2-3,7-8,11,19,22H2,1H3. The molecule has 7 nitrogen and oxygen atoms in total. The second kappa shape index (κ2) is 13.4. The van der Waals surface area contributed by atoms with Gasteiger partial charge in [0.05, 0.1) is 13.7 Å². The van der Waals surface area contributed by atoms with Crippen molar-refractivity contribution in [2.75, 3.05) is 13.7 Å². The van der Waals surface area contributed by atoms with E-state index in [0.29, 0.717) is 30.1 Å². The molecule has 0 N–H and O–H groups in total. The van der Waals surface area contributed by atoms with Crippen LogP contribution < -0.4 is 4.74 Å². The molecule has 2 heterocycles. The quantitative estimate of drug-likeness (QED) is 0.0992. The molecule has 0 saturated carbocycles. The number of Topliss-reactive ketones (excluding diaryl/α,β-unsaturated/α-hetero) is 1. The van der Waals surface area contributed by atoms with Gasteiger partial charge in [-0.05, 0) is 53.3 Å². The molecule has 1 aliphatic rings. The largest absolute Gasteiger partial charge is 0.494 e. The molecule has 1 aliphatic heterocycles. The number of methoxy groups -OCH3 is 1. The molecular formula is C33H32N2O5S. The fourth-order valence-corrected chi connectivity index (χ4v) is 5.64. The number of carbonyl (C=O) groups excluding carboxylic acids is 3. The Balaban J connectivity index is 1.23. The van der Waals surface area contributed by atoms with E-state index in [4.69, 9.17) is 4.74 Å². The van der Waals surface area contributed by atoms with Gasteiger partial charge in [-0.15, -0.1) is 11.3 Å². The lowest BCUT2D eigenvalue weighted by atomic mass is 10.0. The normalized spacial score (nSPS) is 13.1. The molecule has 41 heavy (non-hydrogen) atoms. The van der Waals surface area contributed by atoms with E-state index in [1.54, 1.807) is 16.5 Å². The van der Waals surface area contributed by atoms with Crippen molar-refractivity contribution in [3.8, 4) is 16.9 Å². The maximum Gasteiger partial charge on any atom is 0.305 e. The molecule has 3 aromatic carbocycles. The molecule has 1 aromatic heterocycles. The predicted molar refractivity (Wildman–Crippen MR) is 158 cm³/mol. The third-order valence-corrected chi connectivity index (χ3v) is 8.01. The van der Waals surface area contributed by atoms with Crippen molar-refractivity contribution in [1.29, 1.82) is 0 Å². The molecule has 5 rings (SSSR count). The zero-order chi connectivity index (χ0) is 28.6. The Morgan fingerprint density at radius 2 is 1.71 bits per heavy atom. The van der Waals surface area contributed by atoms with Crippen molar-refractivity contribution in [1.82, 2.24) is 9.88 Å². The Morgan fingerprint density at radius 3 is 2.44 bits per heavy atom. The topological polar surface area (TPSA) is 85.8 Å². The number of unbranched alkanes of at least 4 members (excludes halogenated alkanes) is 3. The number of thiazole rings is 1. The molecule has 4 aromatic rings. The van der Waals surface area contributed by atoms with E-state index in [1.165, 1.54) is 18.4 Å². The number of ether oxygens (including phenoxy) is 2. The number of esters is 1. The number of nitrogens with zero attached hydrogens (tertiary/aromatic N) is 2. The molecule has 210 valence electrons. The Morgan fingerprint density at radius 1 is 0.951 bits per heavy atom. The number of benzene rings is 3. The summed E-state index contributed by atoms with van der Waals surface area (Å²) in [5.74, 6) is 0.291. The first-order valence-corrected chi connectivity index (χ1v) is 14.7. The molecule has 0 spiro atoms. The number of ketones is 1. The lowest BCUT2D eigenvalue weighted by Crippen LogP contribution is -2.34. The molecule has 1 unspecified atom stereocenters. The van der Waals surface area contributed by atoms with Gasteiger partial charge < -0.3 is 14.4 Å². The van der Waals surface area contributed by atoms with Crippen LogP contribution in [-0.2, 0) is 16.1 Å². The Labute approximate surface area is 243 Å². The molecule has 1 amide bonds. The first kappa shape index (κ1) is 28.2. The Bertz CT molecular complexity index is 1490. The highest BCUT2D eigenvalue weighted by Gasteiger charge is 2.38. The van der Waals surface area contributed by atoms with Gasteiger partial charge in [0.15, 0.2) is 5.01 Å². The zero-order valence-corrected chi connectivity index (χ0v) is 23.8. The van der Waals surface area contributed by atoms with Crippen molar-refractivity contribution in [3.63, 3.8) is 0 Å². The molecule has 1 atom stereocenters. The van der Waals surface area contributed by atoms with Crippen LogP contribution >= 0.6 is 11.3 Å². The molecule has 0 aliphatic carbocycles. The van der Waals surface area contributed by atoms with Crippen LogP contribution in [0.5, 0.6) is 5.75 Å². The number of aromatic nitrogens is 1. The molecule has 0 saturated heterocycles. The van der Waals surface area contributed by atoms with E-state index in [2.05, 4.69) is 9.72 Å². The third-order valence-electron chi connectivity index (χ3n) is 7.22. The maximum atomic E-state index is 13.7. The summed E-state index contributed by atoms with van der Waals surface area (Å²) >= 11 is 1.29. The second-order valence-electron chi connectivity index (χ2n) is 9.93. The van der Waals surface area contributed by atoms with E-state index in [1.807, 2.05) is 72.8 Å². The van der Waals surface area contributed by atoms with Crippen molar-refractivity contribution in [2.24, 2.45) is 0 Å². The van der Waals surface area contributed by atoms with Gasteiger partial charge >= 0.3 is 5.97 Å². The van der Waals surface area contributed by atoms with E-state index in [9.17, 15) is 14.4 Å². The SMILES string of the molecule is COC(=O)CCCCCCOc1ccc(-c2ccc3c(c2)C(=O)N(C(C(=O)c2nccs2)c2ccccc2)C3)cc1. The highest BCUT2D eigenvalue weighted by Crippen LogP contribution is 2.36. The fraction of sp³-hybridized carbons (Fsp3) is 0.273. The van der Waals surface area contributed by atoms with Crippen LogP contribution in [-0.4, -0.2) is 41.3 Å². The van der Waals surface area contributed by atoms with Crippen LogP contribution in [0.4, 0.5) is 0 Å². The number of hydrogen-bond acceptors (Lipinski definition) is 7. The number of fused-ring (bicyclic) bond motifs is 1. The number of carbonyl (C=O) groups is 3. The minimum atomic E-state index is -0.741. The lowest BCUT2D eigenvalue weighted by Gasteiger charge is -2.26. The van der Waals surface area contributed by atoms with Gasteiger partial charge in [0.1, 0.15) is 11.8 Å². The van der Waals surface area contributed by atoms with Gasteiger partial charge in [0.25, 0.3) is 5.91 Å². The van der Waals surface area contributed by atoms with Crippen molar-refractivity contribution >= 4 is 29.0 Å². The number of hydrogen-bond donors (Lipinski definition) is 0. The van der Waals surface area contributed by atoms with Crippen LogP contribution in [0.15, 0.2) is 84.4 Å². The van der Waals surface area contributed by atoms with E-state index >= 15 is 0 Å². The highest BCUT2D eigenvalue weighted by atomic mass is 32.1. The minimum absolute atomic E-state index is 0.160. The molecule has 0 fully saturated rings. The molecule has 0 radical (unpaired) electrons. The maximum absolute atomic E-state index is 13.7. The van der Waals surface area contributed by atoms with Gasteiger partial charge in [-0.1, -0.05) is 67.4 Å². The summed E-state index contributed by atoms with van der Waals surface area (Å²) in [7, 11) is 1.41. The number of amides is 1. The van der Waals surface area contributed by atoms with Crippen LogP contribution in [0.2, 0.25) is 0 Å². The van der Waals surface area contributed by atoms with E-state index in [0.717, 1.165) is 53.7 Å². The van der Waals surface area contributed by atoms with Crippen molar-refractivity contribution < 1.29 is 23.9 Å². The summed E-state index contributed by atoms with van der Waals surface area (Å²) in [4.78, 5) is 44.2. The predicted octanol–water partition coefficient (Wildman–Crippen LogP) is 6.89. The average molecular weight is 569 g/mol. The summed E-state index contributed by atoms with van der Waals surface area (Å²) in [5.41, 5.74) is 4.19. The lowest BCUT2D eigenvalue weighted by molar-refractivity contribution is -0.140. The summed E-state index contributed by atoms with van der Waals surface area (Å²) in [6.45, 7) is 0.976. The Hall–Kier alpha value is -4.30. The van der Waals surface area contributed by atoms with E-state index in [-0.39, 0.29) is 17.7 Å². The van der Waals surface area contributed by atoms with Crippen LogP contribution in [0, 0.1) is 0 Å². The van der Waals surface area contributed by atoms with Crippen LogP contribution in [0.1, 0.15) is 69.4 Å².